The second-order valence-electron chi connectivity index (χ2n) is 11.7. The van der Waals surface area contributed by atoms with E-state index in [9.17, 15) is 9.18 Å². The van der Waals surface area contributed by atoms with Crippen LogP contribution in [0.15, 0.2) is 30.3 Å². The van der Waals surface area contributed by atoms with Gasteiger partial charge < -0.3 is 15.0 Å². The van der Waals surface area contributed by atoms with Crippen LogP contribution in [-0.2, 0) is 6.42 Å². The molecule has 1 aromatic heterocycles. The van der Waals surface area contributed by atoms with Crippen LogP contribution in [0.5, 0.6) is 5.75 Å². The molecule has 1 N–H and O–H groups in total. The van der Waals surface area contributed by atoms with Gasteiger partial charge in [0.05, 0.1) is 17.3 Å². The zero-order chi connectivity index (χ0) is 29.4. The Bertz CT molecular complexity index is 1410. The zero-order valence-corrected chi connectivity index (χ0v) is 26.3. The number of halogens is 2. The summed E-state index contributed by atoms with van der Waals surface area (Å²) >= 11 is 7.61. The van der Waals surface area contributed by atoms with Crippen LogP contribution in [-0.4, -0.2) is 54.6 Å². The molecule has 2 fully saturated rings. The number of ether oxygens (including phenoxy) is 1. The van der Waals surface area contributed by atoms with Crippen molar-refractivity contribution in [2.45, 2.75) is 84.0 Å². The Morgan fingerprint density at radius 3 is 2.51 bits per heavy atom. The van der Waals surface area contributed by atoms with Crippen LogP contribution < -0.4 is 15.0 Å². The molecule has 0 saturated carbocycles. The van der Waals surface area contributed by atoms with E-state index in [0.29, 0.717) is 24.3 Å². The number of amides is 1. The standard InChI is InChI=1S/C32H40ClFN4O2S/c1-18-19(2)30(40-14-13-29-21(4)41-32(36-29)37(5)6)12-10-26(18)20(3)38-24-8-9-25(38)17-23(16-24)35-31(39)22-7-11-28(34)27(33)15-22/h7,10-12,15,20,23-25H,8-9,13-14,16-17H2,1-6H3,(H,35,39). The lowest BCUT2D eigenvalue weighted by molar-refractivity contribution is 0.0689. The first-order valence-corrected chi connectivity index (χ1v) is 15.6. The van der Waals surface area contributed by atoms with E-state index < -0.39 is 5.82 Å². The summed E-state index contributed by atoms with van der Waals surface area (Å²) in [5.74, 6) is 0.227. The van der Waals surface area contributed by atoms with E-state index in [4.69, 9.17) is 21.3 Å². The van der Waals surface area contributed by atoms with Crippen molar-refractivity contribution in [2.24, 2.45) is 0 Å². The Balaban J connectivity index is 1.21. The van der Waals surface area contributed by atoms with Crippen LogP contribution >= 0.6 is 22.9 Å². The SMILES string of the molecule is Cc1sc(N(C)C)nc1CCOc1ccc(C(C)N2C3CCC2CC(NC(=O)c2ccc(F)c(Cl)c2)C3)c(C)c1C. The summed E-state index contributed by atoms with van der Waals surface area (Å²) in [4.78, 5) is 23.5. The highest BCUT2D eigenvalue weighted by atomic mass is 35.5. The molecule has 3 aromatic rings. The second kappa shape index (κ2) is 12.3. The number of aromatic nitrogens is 1. The minimum absolute atomic E-state index is 0.0309. The number of piperidine rings is 1. The summed E-state index contributed by atoms with van der Waals surface area (Å²) in [6.45, 7) is 9.37. The fourth-order valence-electron chi connectivity index (χ4n) is 6.55. The number of thiazole rings is 1. The number of benzene rings is 2. The fraction of sp³-hybridized carbons (Fsp3) is 0.500. The predicted octanol–water partition coefficient (Wildman–Crippen LogP) is 7.03. The van der Waals surface area contributed by atoms with Crippen molar-refractivity contribution in [3.63, 3.8) is 0 Å². The molecule has 2 aliphatic rings. The van der Waals surface area contributed by atoms with Crippen molar-refractivity contribution in [1.29, 1.82) is 0 Å². The minimum Gasteiger partial charge on any atom is -0.493 e. The number of carbonyl (C=O) groups excluding carboxylic acids is 1. The van der Waals surface area contributed by atoms with Crippen LogP contribution in [0.1, 0.15) is 76.3 Å². The number of hydrogen-bond donors (Lipinski definition) is 1. The highest BCUT2D eigenvalue weighted by molar-refractivity contribution is 7.15. The molecule has 0 spiro atoms. The van der Waals surface area contributed by atoms with Crippen molar-refractivity contribution in [3.05, 3.63) is 74.0 Å². The summed E-state index contributed by atoms with van der Waals surface area (Å²) in [5, 5.41) is 4.18. The van der Waals surface area contributed by atoms with Crippen molar-refractivity contribution in [3.8, 4) is 5.75 Å². The van der Waals surface area contributed by atoms with Gasteiger partial charge in [0.15, 0.2) is 5.13 Å². The number of anilines is 1. The van der Waals surface area contributed by atoms with E-state index in [0.717, 1.165) is 48.7 Å². The number of nitrogens with zero attached hydrogens (tertiary/aromatic N) is 3. The number of carbonyl (C=O) groups is 1. The van der Waals surface area contributed by atoms with Gasteiger partial charge >= 0.3 is 0 Å². The van der Waals surface area contributed by atoms with Gasteiger partial charge in [-0.25, -0.2) is 9.37 Å². The molecule has 2 bridgehead atoms. The third-order valence-electron chi connectivity index (χ3n) is 8.84. The van der Waals surface area contributed by atoms with Crippen LogP contribution in [0, 0.1) is 26.6 Å². The number of nitrogens with one attached hydrogen (secondary N) is 1. The number of fused-ring (bicyclic) bond motifs is 2. The molecule has 5 rings (SSSR count). The Morgan fingerprint density at radius 1 is 1.17 bits per heavy atom. The molecule has 3 unspecified atom stereocenters. The van der Waals surface area contributed by atoms with E-state index in [1.165, 1.54) is 39.8 Å². The summed E-state index contributed by atoms with van der Waals surface area (Å²) < 4.78 is 19.8. The Kier molecular flexibility index (Phi) is 8.92. The van der Waals surface area contributed by atoms with E-state index in [2.05, 4.69) is 50.0 Å². The van der Waals surface area contributed by atoms with Gasteiger partial charge in [-0.2, -0.15) is 0 Å². The maximum atomic E-state index is 13.5. The maximum Gasteiger partial charge on any atom is 0.251 e. The number of rotatable bonds is 9. The van der Waals surface area contributed by atoms with Crippen molar-refractivity contribution in [1.82, 2.24) is 15.2 Å². The monoisotopic (exact) mass is 598 g/mol. The molecule has 3 heterocycles. The molecule has 41 heavy (non-hydrogen) atoms. The van der Waals surface area contributed by atoms with Gasteiger partial charge in [0.2, 0.25) is 0 Å². The highest BCUT2D eigenvalue weighted by Crippen LogP contribution is 2.43. The quantitative estimate of drug-likeness (QED) is 0.286. The Morgan fingerprint density at radius 2 is 1.88 bits per heavy atom. The molecule has 1 amide bonds. The van der Waals surface area contributed by atoms with Gasteiger partial charge in [0.1, 0.15) is 11.6 Å². The third-order valence-corrected chi connectivity index (χ3v) is 10.3. The van der Waals surface area contributed by atoms with Crippen LogP contribution in [0.25, 0.3) is 0 Å². The van der Waals surface area contributed by atoms with Crippen LogP contribution in [0.2, 0.25) is 5.02 Å². The van der Waals surface area contributed by atoms with Gasteiger partial charge in [0, 0.05) is 55.1 Å². The Labute approximate surface area is 251 Å². The topological polar surface area (TPSA) is 57.7 Å². The summed E-state index contributed by atoms with van der Waals surface area (Å²) in [6.07, 6.45) is 4.87. The molecule has 3 atom stereocenters. The highest BCUT2D eigenvalue weighted by Gasteiger charge is 2.43. The van der Waals surface area contributed by atoms with E-state index in [1.807, 2.05) is 19.0 Å². The molecular weight excluding hydrogens is 559 g/mol. The summed E-state index contributed by atoms with van der Waals surface area (Å²) in [5.41, 5.74) is 5.30. The van der Waals surface area contributed by atoms with E-state index in [1.54, 1.807) is 11.3 Å². The lowest BCUT2D eigenvalue weighted by Gasteiger charge is -2.43. The van der Waals surface area contributed by atoms with Gasteiger partial charge in [0.25, 0.3) is 5.91 Å². The first-order valence-electron chi connectivity index (χ1n) is 14.4. The first-order chi connectivity index (χ1) is 19.5. The van der Waals surface area contributed by atoms with E-state index >= 15 is 0 Å². The molecule has 2 saturated heterocycles. The fourth-order valence-corrected chi connectivity index (χ4v) is 7.61. The molecule has 2 aliphatic heterocycles. The zero-order valence-electron chi connectivity index (χ0n) is 24.8. The normalized spacial score (nSPS) is 21.1. The lowest BCUT2D eigenvalue weighted by Crippen LogP contribution is -2.51. The number of hydrogen-bond acceptors (Lipinski definition) is 6. The molecule has 6 nitrogen and oxygen atoms in total. The maximum absolute atomic E-state index is 13.5. The predicted molar refractivity (Wildman–Crippen MR) is 165 cm³/mol. The molecule has 2 aromatic carbocycles. The smallest absolute Gasteiger partial charge is 0.251 e. The van der Waals surface area contributed by atoms with E-state index in [-0.39, 0.29) is 23.0 Å². The minimum atomic E-state index is -0.516. The molecular formula is C32H40ClFN4O2S. The van der Waals surface area contributed by atoms with Crippen LogP contribution in [0.3, 0.4) is 0 Å². The summed E-state index contributed by atoms with van der Waals surface area (Å²) in [7, 11) is 4.04. The average molecular weight is 599 g/mol. The lowest BCUT2D eigenvalue weighted by atomic mass is 9.91. The van der Waals surface area contributed by atoms with Gasteiger partial charge in [-0.1, -0.05) is 17.7 Å². The van der Waals surface area contributed by atoms with Crippen molar-refractivity contribution >= 4 is 34.0 Å². The van der Waals surface area contributed by atoms with Crippen molar-refractivity contribution < 1.29 is 13.9 Å². The van der Waals surface area contributed by atoms with Gasteiger partial charge in [-0.05, 0) is 94.3 Å². The van der Waals surface area contributed by atoms with Gasteiger partial charge in [-0.3, -0.25) is 9.69 Å². The van der Waals surface area contributed by atoms with Crippen molar-refractivity contribution in [2.75, 3.05) is 25.6 Å². The molecule has 9 heteroatoms. The third kappa shape index (κ3) is 6.25. The Hall–Kier alpha value is -2.68. The first kappa shape index (κ1) is 29.8. The molecule has 0 radical (unpaired) electrons. The largest absolute Gasteiger partial charge is 0.493 e. The second-order valence-corrected chi connectivity index (χ2v) is 13.3. The molecule has 0 aliphatic carbocycles. The summed E-state index contributed by atoms with van der Waals surface area (Å²) in [6, 6.07) is 9.68. The number of aryl methyl sites for hydroxylation is 1. The van der Waals surface area contributed by atoms with Crippen LogP contribution in [0.4, 0.5) is 9.52 Å². The van der Waals surface area contributed by atoms with Gasteiger partial charge in [-0.15, -0.1) is 11.3 Å². The molecule has 220 valence electrons. The average Bonchev–Trinajstić information content (AvgIpc) is 3.44.